The van der Waals surface area contributed by atoms with E-state index < -0.39 is 148 Å². The van der Waals surface area contributed by atoms with Crippen molar-refractivity contribution in [1.82, 2.24) is 63.4 Å². The number of amides is 12. The van der Waals surface area contributed by atoms with Crippen molar-refractivity contribution in [2.45, 2.75) is 82.3 Å². The molecule has 24 nitrogen and oxygen atoms in total. The van der Waals surface area contributed by atoms with Gasteiger partial charge in [-0.05, 0) is 32.1 Å². The van der Waals surface area contributed by atoms with Crippen LogP contribution in [0.3, 0.4) is 0 Å². The molecule has 0 spiro atoms. The molecule has 0 aromatic rings. The van der Waals surface area contributed by atoms with Gasteiger partial charge in [-0.1, -0.05) is 25.7 Å². The van der Waals surface area contributed by atoms with Crippen LogP contribution in [0.25, 0.3) is 0 Å². The maximum absolute atomic E-state index is 13.3. The number of nitrogens with zero attached hydrogens (tertiary/aromatic N) is 1. The molecule has 3 saturated heterocycles. The second-order valence-electron chi connectivity index (χ2n) is 14.0. The summed E-state index contributed by atoms with van der Waals surface area (Å²) in [6.07, 6.45) is 4.01. The predicted molar refractivity (Wildman–Crippen MR) is 203 cm³/mol. The molecule has 3 aliphatic heterocycles. The van der Waals surface area contributed by atoms with Gasteiger partial charge in [0.15, 0.2) is 0 Å². The largest absolute Gasteiger partial charge is 0.347 e. The lowest BCUT2D eigenvalue weighted by Gasteiger charge is -2.30. The lowest BCUT2D eigenvalue weighted by Crippen LogP contribution is -2.54. The normalized spacial score (nSPS) is 24.6. The number of carbonyl (C=O) groups is 12. The van der Waals surface area contributed by atoms with E-state index in [1.165, 1.54) is 4.90 Å². The Kier molecular flexibility index (Phi) is 20.0. The molecule has 3 aliphatic rings. The van der Waals surface area contributed by atoms with E-state index in [4.69, 9.17) is 0 Å². The highest BCUT2D eigenvalue weighted by molar-refractivity contribution is 5.97. The van der Waals surface area contributed by atoms with Gasteiger partial charge in [0.2, 0.25) is 70.9 Å². The lowest BCUT2D eigenvalue weighted by atomic mass is 10.0. The van der Waals surface area contributed by atoms with Gasteiger partial charge in [-0.2, -0.15) is 0 Å². The molecule has 3 heterocycles. The Balaban J connectivity index is 1.73. The van der Waals surface area contributed by atoms with Crippen molar-refractivity contribution in [2.24, 2.45) is 0 Å². The summed E-state index contributed by atoms with van der Waals surface area (Å²) in [5, 5.41) is 26.0. The monoisotopic (exact) mass is 834 g/mol. The maximum atomic E-state index is 13.3. The van der Waals surface area contributed by atoms with E-state index in [0.717, 1.165) is 19.3 Å². The van der Waals surface area contributed by atoms with E-state index in [9.17, 15) is 57.5 Å². The summed E-state index contributed by atoms with van der Waals surface area (Å²) in [7, 11) is 0. The number of piperidine rings is 1. The molecule has 2 bridgehead atoms. The van der Waals surface area contributed by atoms with E-state index in [0.29, 0.717) is 38.8 Å². The van der Waals surface area contributed by atoms with Gasteiger partial charge in [0.1, 0.15) is 18.1 Å². The van der Waals surface area contributed by atoms with Crippen molar-refractivity contribution in [3.8, 4) is 0 Å². The molecular formula is C35H54N12O12. The van der Waals surface area contributed by atoms with Crippen molar-refractivity contribution in [3.63, 3.8) is 0 Å². The van der Waals surface area contributed by atoms with Crippen molar-refractivity contribution in [3.05, 3.63) is 0 Å². The molecule has 24 heteroatoms. The van der Waals surface area contributed by atoms with E-state index in [1.54, 1.807) is 0 Å². The standard InChI is InChI=1S/C35H54N12O12/c48-24-12-23(35(59)47-10-6-3-7-11-47)46-32(56)20-41-29(53)17-43-34(58)22-9-5-2-1-4-8-21(33(57)42-16-28(52)40-19-31(55)45-22)44-30(54)18-39-27(51)15-38-26(50)14-37-25(49)13-36-24/h21-23H,1-20H2,(H,36,48)(H,37,49)(H,38,50)(H,39,51)(H,40,52)(H,41,53)(H,42,57)(H,43,58)(H,44,54)(H,45,55)(H,46,56). The first-order valence-corrected chi connectivity index (χ1v) is 19.5. The average Bonchev–Trinajstić information content (AvgIpc) is 3.22. The number of fused-ring (bicyclic) bond motifs is 7. The maximum Gasteiger partial charge on any atom is 0.245 e. The first-order valence-electron chi connectivity index (χ1n) is 19.5. The Bertz CT molecular complexity index is 1600. The average molecular weight is 835 g/mol. The Morgan fingerprint density at radius 3 is 1.10 bits per heavy atom. The first kappa shape index (κ1) is 47.0. The van der Waals surface area contributed by atoms with Crippen molar-refractivity contribution < 1.29 is 57.5 Å². The lowest BCUT2D eigenvalue weighted by molar-refractivity contribution is -0.139. The number of hydrogen-bond donors (Lipinski definition) is 11. The molecule has 0 saturated carbocycles. The summed E-state index contributed by atoms with van der Waals surface area (Å²) in [6, 6.07) is -3.55. The van der Waals surface area contributed by atoms with E-state index in [1.807, 2.05) is 0 Å². The zero-order chi connectivity index (χ0) is 43.2. The molecule has 11 N–H and O–H groups in total. The van der Waals surface area contributed by atoms with Gasteiger partial charge < -0.3 is 63.4 Å². The summed E-state index contributed by atoms with van der Waals surface area (Å²) in [5.41, 5.74) is 0. The van der Waals surface area contributed by atoms with Crippen molar-refractivity contribution in [2.75, 3.05) is 65.4 Å². The fraction of sp³-hybridized carbons (Fsp3) is 0.657. The molecule has 3 atom stereocenters. The molecule has 326 valence electrons. The summed E-state index contributed by atoms with van der Waals surface area (Å²) < 4.78 is 0. The number of hydrogen-bond acceptors (Lipinski definition) is 12. The third kappa shape index (κ3) is 18.6. The number of likely N-dealkylation sites (tertiary alicyclic amines) is 1. The molecule has 0 aliphatic carbocycles. The van der Waals surface area contributed by atoms with Gasteiger partial charge in [-0.3, -0.25) is 57.5 Å². The molecule has 0 radical (unpaired) electrons. The summed E-state index contributed by atoms with van der Waals surface area (Å²) >= 11 is 0. The van der Waals surface area contributed by atoms with E-state index in [2.05, 4.69) is 58.5 Å². The van der Waals surface area contributed by atoms with Crippen LogP contribution >= 0.6 is 0 Å². The SMILES string of the molecule is O=C1CNC(=O)CNC(=O)CC(C(=O)N2CCCCC2)NC(=O)CNC(=O)CNC(=O)C2CCCCCCC(NC(=O)CNC(=O)CN1)C(=O)NCC(=O)NCC(=O)N2. The van der Waals surface area contributed by atoms with Crippen LogP contribution in [0.1, 0.15) is 64.2 Å². The van der Waals surface area contributed by atoms with Gasteiger partial charge in [-0.25, -0.2) is 0 Å². The second kappa shape index (κ2) is 25.1. The van der Waals surface area contributed by atoms with Gasteiger partial charge >= 0.3 is 0 Å². The summed E-state index contributed by atoms with van der Waals surface area (Å²) in [4.78, 5) is 154. The number of nitrogens with one attached hydrogen (secondary N) is 11. The first-order chi connectivity index (χ1) is 28.2. The minimum Gasteiger partial charge on any atom is -0.347 e. The van der Waals surface area contributed by atoms with Crippen LogP contribution in [0.5, 0.6) is 0 Å². The quantitative estimate of drug-likeness (QED) is 0.117. The molecule has 3 rings (SSSR count). The molecule has 59 heavy (non-hydrogen) atoms. The summed E-state index contributed by atoms with van der Waals surface area (Å²) in [5.74, 6) is -8.88. The Hall–Kier alpha value is -6.36. The highest BCUT2D eigenvalue weighted by Gasteiger charge is 2.30. The highest BCUT2D eigenvalue weighted by atomic mass is 16.2. The minimum atomic E-state index is -1.35. The molecular weight excluding hydrogens is 780 g/mol. The van der Waals surface area contributed by atoms with Crippen LogP contribution in [-0.2, 0) is 57.5 Å². The fourth-order valence-corrected chi connectivity index (χ4v) is 6.08. The summed E-state index contributed by atoms with van der Waals surface area (Å²) in [6.45, 7) is -3.81. The Morgan fingerprint density at radius 1 is 0.373 bits per heavy atom. The number of carbonyl (C=O) groups excluding carboxylic acids is 12. The van der Waals surface area contributed by atoms with Crippen LogP contribution in [0, 0.1) is 0 Å². The van der Waals surface area contributed by atoms with Crippen molar-refractivity contribution >= 4 is 70.9 Å². The van der Waals surface area contributed by atoms with Gasteiger partial charge in [-0.15, -0.1) is 0 Å². The fourth-order valence-electron chi connectivity index (χ4n) is 6.08. The second-order valence-corrected chi connectivity index (χ2v) is 14.0. The van der Waals surface area contributed by atoms with Crippen molar-refractivity contribution in [1.29, 1.82) is 0 Å². The zero-order valence-electron chi connectivity index (χ0n) is 32.7. The third-order valence-electron chi connectivity index (χ3n) is 9.25. The van der Waals surface area contributed by atoms with Crippen LogP contribution in [0.4, 0.5) is 0 Å². The zero-order valence-corrected chi connectivity index (χ0v) is 32.7. The molecule has 3 unspecified atom stereocenters. The Morgan fingerprint density at radius 2 is 0.695 bits per heavy atom. The van der Waals surface area contributed by atoms with Crippen LogP contribution in [0.2, 0.25) is 0 Å². The van der Waals surface area contributed by atoms with Gasteiger partial charge in [0, 0.05) is 13.1 Å². The van der Waals surface area contributed by atoms with Gasteiger partial charge in [0.25, 0.3) is 0 Å². The molecule has 0 aromatic heterocycles. The Labute approximate surface area is 339 Å². The molecule has 3 fully saturated rings. The van der Waals surface area contributed by atoms with Crippen LogP contribution in [0.15, 0.2) is 0 Å². The van der Waals surface area contributed by atoms with Crippen LogP contribution < -0.4 is 58.5 Å². The van der Waals surface area contributed by atoms with Gasteiger partial charge in [0.05, 0.1) is 58.8 Å². The van der Waals surface area contributed by atoms with E-state index in [-0.39, 0.29) is 12.8 Å². The smallest absolute Gasteiger partial charge is 0.245 e. The minimum absolute atomic E-state index is 0.140. The van der Waals surface area contributed by atoms with E-state index >= 15 is 0 Å². The van der Waals surface area contributed by atoms with Crippen LogP contribution in [-0.4, -0.2) is 159 Å². The number of rotatable bonds is 1. The topological polar surface area (TPSA) is 340 Å². The third-order valence-corrected chi connectivity index (χ3v) is 9.25. The highest BCUT2D eigenvalue weighted by Crippen LogP contribution is 2.12. The molecule has 0 aromatic carbocycles. The molecule has 12 amide bonds. The predicted octanol–water partition coefficient (Wildman–Crippen LogP) is -6.86.